The van der Waals surface area contributed by atoms with Crippen LogP contribution in [-0.2, 0) is 21.7 Å². The average molecular weight is 532 g/mol. The summed E-state index contributed by atoms with van der Waals surface area (Å²) in [4.78, 5) is 14.9. The van der Waals surface area contributed by atoms with E-state index in [4.69, 9.17) is 14.2 Å². The van der Waals surface area contributed by atoms with E-state index in [1.54, 1.807) is 6.92 Å². The first-order valence-corrected chi connectivity index (χ1v) is 12.6. The Balaban J connectivity index is 2.06. The number of halogens is 3. The maximum absolute atomic E-state index is 13.5. The molecule has 8 nitrogen and oxygen atoms in total. The highest BCUT2D eigenvalue weighted by Gasteiger charge is 2.51. The van der Waals surface area contributed by atoms with Gasteiger partial charge in [-0.25, -0.2) is 0 Å². The minimum Gasteiger partial charge on any atom is -0.493 e. The van der Waals surface area contributed by atoms with Gasteiger partial charge in [-0.1, -0.05) is 19.1 Å². The highest BCUT2D eigenvalue weighted by Crippen LogP contribution is 2.44. The Kier molecular flexibility index (Phi) is 7.80. The van der Waals surface area contributed by atoms with Gasteiger partial charge in [0.05, 0.1) is 32.1 Å². The van der Waals surface area contributed by atoms with Crippen LogP contribution in [0.4, 0.5) is 13.2 Å². The monoisotopic (exact) mass is 531 g/mol. The van der Waals surface area contributed by atoms with Crippen molar-refractivity contribution in [2.24, 2.45) is 0 Å². The maximum atomic E-state index is 13.5. The van der Waals surface area contributed by atoms with E-state index in [0.29, 0.717) is 5.56 Å². The van der Waals surface area contributed by atoms with Crippen LogP contribution in [0.2, 0.25) is 0 Å². The number of nitrogens with zero attached hydrogens (tertiary/aromatic N) is 1. The smallest absolute Gasteiger partial charge is 0.416 e. The Morgan fingerprint density at radius 2 is 1.64 bits per heavy atom. The van der Waals surface area contributed by atoms with E-state index in [1.807, 2.05) is 0 Å². The fourth-order valence-corrected chi connectivity index (χ4v) is 6.28. The molecule has 36 heavy (non-hydrogen) atoms. The van der Waals surface area contributed by atoms with E-state index >= 15 is 0 Å². The minimum absolute atomic E-state index is 0.00787. The summed E-state index contributed by atoms with van der Waals surface area (Å²) in [5.74, 6) is 0.318. The number of hydrogen-bond donors (Lipinski definition) is 1. The molecule has 1 heterocycles. The standard InChI is InChI=1S/C24H28F3NO7S/c1-5-20(36(30,31)32)23(16-6-8-17(9-7-16)24(25,26)27)10-11-28(14-23)22(29)15-12-18(33-2)21(35-4)19(13-15)34-3/h6-9,12-13,20H,5,10-11,14H2,1-4H3,(H,30,31,32). The fraction of sp³-hybridized carbons (Fsp3) is 0.458. The summed E-state index contributed by atoms with van der Waals surface area (Å²) in [5, 5.41) is -1.33. The van der Waals surface area contributed by atoms with E-state index in [9.17, 15) is 30.9 Å². The Morgan fingerprint density at radius 3 is 2.06 bits per heavy atom. The van der Waals surface area contributed by atoms with Crippen LogP contribution >= 0.6 is 0 Å². The largest absolute Gasteiger partial charge is 0.493 e. The molecule has 0 aromatic heterocycles. The lowest BCUT2D eigenvalue weighted by atomic mass is 9.75. The highest BCUT2D eigenvalue weighted by atomic mass is 32.2. The van der Waals surface area contributed by atoms with Gasteiger partial charge in [-0.05, 0) is 42.7 Å². The lowest BCUT2D eigenvalue weighted by molar-refractivity contribution is -0.137. The van der Waals surface area contributed by atoms with E-state index in [-0.39, 0.29) is 48.7 Å². The molecular formula is C24H28F3NO7S. The zero-order valence-electron chi connectivity index (χ0n) is 20.3. The van der Waals surface area contributed by atoms with Crippen molar-refractivity contribution in [1.29, 1.82) is 0 Å². The van der Waals surface area contributed by atoms with Gasteiger partial charge in [0.25, 0.3) is 16.0 Å². The third kappa shape index (κ3) is 5.10. The van der Waals surface area contributed by atoms with Crippen molar-refractivity contribution in [3.8, 4) is 17.2 Å². The topological polar surface area (TPSA) is 102 Å². The molecular weight excluding hydrogens is 503 g/mol. The number of hydrogen-bond acceptors (Lipinski definition) is 6. The molecule has 1 amide bonds. The number of carbonyl (C=O) groups excluding carboxylic acids is 1. The zero-order valence-corrected chi connectivity index (χ0v) is 21.1. The number of benzene rings is 2. The van der Waals surface area contributed by atoms with Gasteiger partial charge in [0.1, 0.15) is 0 Å². The van der Waals surface area contributed by atoms with Gasteiger partial charge in [0, 0.05) is 24.1 Å². The summed E-state index contributed by atoms with van der Waals surface area (Å²) in [7, 11) is -0.391. The van der Waals surface area contributed by atoms with E-state index in [2.05, 4.69) is 0 Å². The SMILES string of the molecule is CCC(C1(c2ccc(C(F)(F)F)cc2)CCN(C(=O)c2cc(OC)c(OC)c(OC)c2)C1)S(=O)(=O)O. The van der Waals surface area contributed by atoms with E-state index in [1.165, 1.54) is 50.5 Å². The maximum Gasteiger partial charge on any atom is 0.416 e. The average Bonchev–Trinajstić information content (AvgIpc) is 3.27. The number of carbonyl (C=O) groups is 1. The van der Waals surface area contributed by atoms with Gasteiger partial charge >= 0.3 is 6.18 Å². The van der Waals surface area contributed by atoms with Crippen LogP contribution in [0, 0.1) is 0 Å². The Hall–Kier alpha value is -2.99. The van der Waals surface area contributed by atoms with Crippen molar-refractivity contribution in [3.63, 3.8) is 0 Å². The van der Waals surface area contributed by atoms with Gasteiger partial charge < -0.3 is 19.1 Å². The molecule has 3 rings (SSSR count). The molecule has 0 aliphatic carbocycles. The molecule has 1 saturated heterocycles. The fourth-order valence-electron chi connectivity index (χ4n) is 4.96. The number of alkyl halides is 3. The Labute approximate surface area is 207 Å². The molecule has 0 spiro atoms. The van der Waals surface area contributed by atoms with Crippen molar-refractivity contribution >= 4 is 16.0 Å². The van der Waals surface area contributed by atoms with E-state index < -0.39 is 38.4 Å². The van der Waals surface area contributed by atoms with Crippen molar-refractivity contribution in [2.45, 2.75) is 36.6 Å². The molecule has 12 heteroatoms. The molecule has 2 atom stereocenters. The van der Waals surface area contributed by atoms with Gasteiger partial charge in [0.15, 0.2) is 11.5 Å². The predicted molar refractivity (Wildman–Crippen MR) is 125 cm³/mol. The van der Waals surface area contributed by atoms with Gasteiger partial charge in [-0.2, -0.15) is 21.6 Å². The molecule has 1 aliphatic rings. The van der Waals surface area contributed by atoms with Gasteiger partial charge in [-0.3, -0.25) is 9.35 Å². The molecule has 1 fully saturated rings. The minimum atomic E-state index is -4.60. The van der Waals surface area contributed by atoms with Crippen molar-refractivity contribution in [3.05, 3.63) is 53.1 Å². The molecule has 0 bridgehead atoms. The third-order valence-electron chi connectivity index (χ3n) is 6.63. The van der Waals surface area contributed by atoms with Crippen molar-refractivity contribution in [1.82, 2.24) is 4.90 Å². The molecule has 0 radical (unpaired) electrons. The second-order valence-electron chi connectivity index (χ2n) is 8.53. The molecule has 198 valence electrons. The molecule has 1 aliphatic heterocycles. The predicted octanol–water partition coefficient (Wildman–Crippen LogP) is 4.18. The first kappa shape index (κ1) is 27.6. The number of likely N-dealkylation sites (tertiary alicyclic amines) is 1. The van der Waals surface area contributed by atoms with Crippen LogP contribution in [-0.4, -0.2) is 63.4 Å². The molecule has 0 saturated carbocycles. The molecule has 2 aromatic rings. The van der Waals surface area contributed by atoms with Crippen LogP contribution in [0.5, 0.6) is 17.2 Å². The summed E-state index contributed by atoms with van der Waals surface area (Å²) in [6, 6.07) is 7.09. The molecule has 1 N–H and O–H groups in total. The van der Waals surface area contributed by atoms with Crippen LogP contribution in [0.3, 0.4) is 0 Å². The zero-order chi connectivity index (χ0) is 26.9. The van der Waals surface area contributed by atoms with Gasteiger partial charge in [0.2, 0.25) is 5.75 Å². The summed E-state index contributed by atoms with van der Waals surface area (Å²) in [6.45, 7) is 1.54. The normalized spacial score (nSPS) is 19.2. The number of ether oxygens (including phenoxy) is 3. The van der Waals surface area contributed by atoms with Crippen LogP contribution in [0.25, 0.3) is 0 Å². The van der Waals surface area contributed by atoms with Crippen LogP contribution < -0.4 is 14.2 Å². The van der Waals surface area contributed by atoms with E-state index in [0.717, 1.165) is 12.1 Å². The number of methoxy groups -OCH3 is 3. The number of amides is 1. The van der Waals surface area contributed by atoms with Crippen molar-refractivity contribution < 1.29 is 45.1 Å². The lowest BCUT2D eigenvalue weighted by Crippen LogP contribution is -2.47. The Morgan fingerprint density at radius 1 is 1.08 bits per heavy atom. The molecule has 2 unspecified atom stereocenters. The quantitative estimate of drug-likeness (QED) is 0.510. The van der Waals surface area contributed by atoms with Crippen LogP contribution in [0.15, 0.2) is 36.4 Å². The molecule has 2 aromatic carbocycles. The second-order valence-corrected chi connectivity index (χ2v) is 10.1. The Bertz CT molecular complexity index is 1190. The lowest BCUT2D eigenvalue weighted by Gasteiger charge is -2.36. The van der Waals surface area contributed by atoms with Gasteiger partial charge in [-0.15, -0.1) is 0 Å². The summed E-state index contributed by atoms with van der Waals surface area (Å²) >= 11 is 0. The first-order valence-electron chi connectivity index (χ1n) is 11.1. The first-order chi connectivity index (χ1) is 16.8. The highest BCUT2D eigenvalue weighted by molar-refractivity contribution is 7.86. The van der Waals surface area contributed by atoms with Crippen molar-refractivity contribution in [2.75, 3.05) is 34.4 Å². The number of rotatable bonds is 8. The van der Waals surface area contributed by atoms with Crippen LogP contribution in [0.1, 0.15) is 41.3 Å². The summed E-state index contributed by atoms with van der Waals surface area (Å²) < 4.78 is 90.0. The summed E-state index contributed by atoms with van der Waals surface area (Å²) in [6.07, 6.45) is -4.46. The third-order valence-corrected chi connectivity index (χ3v) is 8.14. The second kappa shape index (κ2) is 10.2. The summed E-state index contributed by atoms with van der Waals surface area (Å²) in [5.41, 5.74) is -1.72.